The van der Waals surface area contributed by atoms with E-state index in [0.717, 1.165) is 11.0 Å². The van der Waals surface area contributed by atoms with Crippen molar-refractivity contribution in [3.8, 4) is 0 Å². The van der Waals surface area contributed by atoms with Crippen LogP contribution in [0.5, 0.6) is 0 Å². The van der Waals surface area contributed by atoms with Gasteiger partial charge in [0.15, 0.2) is 0 Å². The number of benzene rings is 3. The molecule has 0 radical (unpaired) electrons. The molecule has 16 heteroatoms. The van der Waals surface area contributed by atoms with Crippen molar-refractivity contribution in [1.29, 1.82) is 0 Å². The molecule has 1 aliphatic rings. The molecule has 2 N–H and O–H groups in total. The Bertz CT molecular complexity index is 1700. The summed E-state index contributed by atoms with van der Waals surface area (Å²) in [5.41, 5.74) is -2.98. The molecular formula is C26H20Cl2F4N4O5S. The van der Waals surface area contributed by atoms with E-state index in [4.69, 9.17) is 22.3 Å². The molecule has 0 saturated carbocycles. The second kappa shape index (κ2) is 11.1. The number of carbonyl (C=O) groups is 3. The van der Waals surface area contributed by atoms with Crippen LogP contribution in [0, 0.1) is 5.82 Å². The highest BCUT2D eigenvalue weighted by Gasteiger charge is 2.52. The molecule has 3 aromatic rings. The second-order valence-electron chi connectivity index (χ2n) is 9.57. The highest BCUT2D eigenvalue weighted by atomic mass is 35.7. The minimum atomic E-state index is -5.06. The summed E-state index contributed by atoms with van der Waals surface area (Å²) in [6, 6.07) is 9.38. The maximum Gasteiger partial charge on any atom is 0.419 e. The fraction of sp³-hybridized carbons (Fsp3) is 0.192. The van der Waals surface area contributed by atoms with Crippen molar-refractivity contribution in [3.05, 3.63) is 82.6 Å². The van der Waals surface area contributed by atoms with Crippen LogP contribution in [0.2, 0.25) is 5.02 Å². The van der Waals surface area contributed by atoms with E-state index in [0.29, 0.717) is 22.6 Å². The molecule has 0 aliphatic carbocycles. The van der Waals surface area contributed by atoms with Gasteiger partial charge in [0.05, 0.1) is 22.7 Å². The fourth-order valence-electron chi connectivity index (χ4n) is 4.16. The van der Waals surface area contributed by atoms with Gasteiger partial charge < -0.3 is 15.5 Å². The van der Waals surface area contributed by atoms with Crippen LogP contribution in [0.3, 0.4) is 0 Å². The first kappa shape index (κ1) is 31.1. The molecule has 0 atom stereocenters. The van der Waals surface area contributed by atoms with Crippen LogP contribution < -0.4 is 15.5 Å². The smallest absolute Gasteiger partial charge is 0.308 e. The normalized spacial score (nSPS) is 15.2. The van der Waals surface area contributed by atoms with Crippen LogP contribution in [0.25, 0.3) is 0 Å². The van der Waals surface area contributed by atoms with Crippen LogP contribution in [0.1, 0.15) is 25.0 Å². The fourth-order valence-corrected chi connectivity index (χ4v) is 5.10. The van der Waals surface area contributed by atoms with Gasteiger partial charge in [-0.05, 0) is 74.0 Å². The van der Waals surface area contributed by atoms with Gasteiger partial charge in [0.2, 0.25) is 0 Å². The van der Waals surface area contributed by atoms with Crippen molar-refractivity contribution in [2.45, 2.75) is 37.0 Å². The Morgan fingerprint density at radius 2 is 1.62 bits per heavy atom. The topological polar surface area (TPSA) is 116 Å². The zero-order chi connectivity index (χ0) is 31.2. The van der Waals surface area contributed by atoms with Crippen LogP contribution >= 0.6 is 22.3 Å². The number of carbonyl (C=O) groups excluding carboxylic acids is 3. The molecule has 9 nitrogen and oxygen atoms in total. The molecule has 222 valence electrons. The molecular weight excluding hydrogens is 627 g/mol. The number of amides is 5. The van der Waals surface area contributed by atoms with E-state index < -0.39 is 55.8 Å². The molecule has 3 aromatic carbocycles. The number of alkyl halides is 3. The predicted molar refractivity (Wildman–Crippen MR) is 147 cm³/mol. The Hall–Kier alpha value is -3.88. The molecule has 42 heavy (non-hydrogen) atoms. The van der Waals surface area contributed by atoms with Crippen molar-refractivity contribution in [3.63, 3.8) is 0 Å². The second-order valence-corrected chi connectivity index (χ2v) is 12.6. The maximum atomic E-state index is 13.8. The number of urea groups is 2. The van der Waals surface area contributed by atoms with E-state index >= 15 is 0 Å². The van der Waals surface area contributed by atoms with Crippen molar-refractivity contribution < 1.29 is 40.4 Å². The molecule has 0 unspecified atom stereocenters. The van der Waals surface area contributed by atoms with Crippen molar-refractivity contribution in [2.75, 3.05) is 15.5 Å². The highest BCUT2D eigenvalue weighted by Crippen LogP contribution is 2.38. The monoisotopic (exact) mass is 646 g/mol. The van der Waals surface area contributed by atoms with Crippen molar-refractivity contribution in [1.82, 2.24) is 4.90 Å². The van der Waals surface area contributed by atoms with Gasteiger partial charge in [0.25, 0.3) is 15.0 Å². The summed E-state index contributed by atoms with van der Waals surface area (Å²) in [6.07, 6.45) is -5.06. The maximum absolute atomic E-state index is 13.8. The van der Waals surface area contributed by atoms with Gasteiger partial charge in [0.1, 0.15) is 11.4 Å². The number of imide groups is 1. The summed E-state index contributed by atoms with van der Waals surface area (Å²) >= 11 is 6.11. The summed E-state index contributed by atoms with van der Waals surface area (Å²) in [6.45, 7) is 2.50. The van der Waals surface area contributed by atoms with Gasteiger partial charge in [-0.3, -0.25) is 4.79 Å². The Kier molecular flexibility index (Phi) is 8.19. The molecule has 0 bridgehead atoms. The number of halogens is 6. The van der Waals surface area contributed by atoms with Crippen LogP contribution in [0.15, 0.2) is 65.6 Å². The summed E-state index contributed by atoms with van der Waals surface area (Å²) in [5.74, 6) is -2.41. The largest absolute Gasteiger partial charge is 0.419 e. The molecule has 4 rings (SSSR count). The van der Waals surface area contributed by atoms with Gasteiger partial charge in [-0.2, -0.15) is 13.2 Å². The first-order chi connectivity index (χ1) is 19.4. The summed E-state index contributed by atoms with van der Waals surface area (Å²) in [7, 11) is 1.32. The lowest BCUT2D eigenvalue weighted by molar-refractivity contribution is -0.140. The standard InChI is InChI=1S/C26H20Cl2F4N4O5S/c1-25(2)22(37)36(17-7-10-20(29)19(12-17)26(30,31)32)24(39)35(25)13-14-3-4-15(27)11-21(14)34-23(38)33-16-5-8-18(9-6-16)42(28,40)41/h3-12H,13H2,1-2H3,(H2,33,34,38). The Morgan fingerprint density at radius 3 is 2.21 bits per heavy atom. The van der Waals surface area contributed by atoms with Crippen LogP contribution in [-0.4, -0.2) is 36.8 Å². The van der Waals surface area contributed by atoms with Crippen molar-refractivity contribution >= 4 is 66.4 Å². The zero-order valence-electron chi connectivity index (χ0n) is 21.6. The van der Waals surface area contributed by atoms with Gasteiger partial charge in [0, 0.05) is 27.1 Å². The van der Waals surface area contributed by atoms with E-state index in [2.05, 4.69) is 10.6 Å². The minimum absolute atomic E-state index is 0.135. The Labute approximate surface area is 246 Å². The third-order valence-electron chi connectivity index (χ3n) is 6.38. The lowest BCUT2D eigenvalue weighted by Gasteiger charge is -2.28. The average molecular weight is 647 g/mol. The van der Waals surface area contributed by atoms with E-state index in [9.17, 15) is 40.4 Å². The molecule has 1 saturated heterocycles. The number of hydrogen-bond donors (Lipinski definition) is 2. The zero-order valence-corrected chi connectivity index (χ0v) is 23.9. The summed E-state index contributed by atoms with van der Waals surface area (Å²) in [5, 5.41) is 5.27. The molecule has 1 fully saturated rings. The number of hydrogen-bond acceptors (Lipinski definition) is 5. The van der Waals surface area contributed by atoms with Gasteiger partial charge in [-0.25, -0.2) is 27.3 Å². The Morgan fingerprint density at radius 1 is 0.976 bits per heavy atom. The van der Waals surface area contributed by atoms with Crippen molar-refractivity contribution in [2.24, 2.45) is 0 Å². The number of nitrogens with one attached hydrogen (secondary N) is 2. The lowest BCUT2D eigenvalue weighted by Crippen LogP contribution is -2.43. The number of anilines is 3. The number of rotatable bonds is 6. The molecule has 0 aromatic heterocycles. The molecule has 1 aliphatic heterocycles. The average Bonchev–Trinajstić information content (AvgIpc) is 3.04. The van der Waals surface area contributed by atoms with E-state index in [-0.39, 0.29) is 27.8 Å². The summed E-state index contributed by atoms with van der Waals surface area (Å²) < 4.78 is 76.6. The van der Waals surface area contributed by atoms with Gasteiger partial charge in [-0.15, -0.1) is 0 Å². The minimum Gasteiger partial charge on any atom is -0.308 e. The third-order valence-corrected chi connectivity index (χ3v) is 7.98. The SMILES string of the molecule is CC1(C)C(=O)N(c2ccc(F)c(C(F)(F)F)c2)C(=O)N1Cc1ccc(Cl)cc1NC(=O)Nc1ccc(S(=O)(=O)Cl)cc1. The molecule has 1 heterocycles. The predicted octanol–water partition coefficient (Wildman–Crippen LogP) is 6.82. The van der Waals surface area contributed by atoms with E-state index in [1.54, 1.807) is 0 Å². The molecule has 5 amide bonds. The van der Waals surface area contributed by atoms with Gasteiger partial charge >= 0.3 is 18.2 Å². The quantitative estimate of drug-likeness (QED) is 0.173. The van der Waals surface area contributed by atoms with Gasteiger partial charge in [-0.1, -0.05) is 17.7 Å². The van der Waals surface area contributed by atoms with E-state index in [1.807, 2.05) is 0 Å². The highest BCUT2D eigenvalue weighted by molar-refractivity contribution is 8.13. The Balaban J connectivity index is 1.59. The first-order valence-electron chi connectivity index (χ1n) is 11.8. The first-order valence-corrected chi connectivity index (χ1v) is 14.5. The van der Waals surface area contributed by atoms with Crippen LogP contribution in [0.4, 0.5) is 44.2 Å². The lowest BCUT2D eigenvalue weighted by atomic mass is 10.0. The molecule has 0 spiro atoms. The third kappa shape index (κ3) is 6.30. The van der Waals surface area contributed by atoms with E-state index in [1.165, 1.54) is 56.3 Å². The summed E-state index contributed by atoms with van der Waals surface area (Å²) in [4.78, 5) is 40.8. The number of nitrogens with zero attached hydrogens (tertiary/aromatic N) is 2. The van der Waals surface area contributed by atoms with Crippen LogP contribution in [-0.2, 0) is 26.6 Å².